The van der Waals surface area contributed by atoms with Gasteiger partial charge < -0.3 is 9.64 Å². The Morgan fingerprint density at radius 1 is 1.35 bits per heavy atom. The highest BCUT2D eigenvalue weighted by Gasteiger charge is 2.12. The van der Waals surface area contributed by atoms with Gasteiger partial charge >= 0.3 is 0 Å². The molecule has 0 aliphatic rings. The number of ether oxygens (including phenoxy) is 1. The van der Waals surface area contributed by atoms with Gasteiger partial charge in [-0.1, -0.05) is 6.07 Å². The highest BCUT2D eigenvalue weighted by molar-refractivity contribution is 7.80. The predicted molar refractivity (Wildman–Crippen MR) is 85.2 cm³/mol. The van der Waals surface area contributed by atoms with Gasteiger partial charge in [-0.15, -0.1) is 0 Å². The predicted octanol–water partition coefficient (Wildman–Crippen LogP) is 2.83. The molecule has 1 aromatic carbocycles. The van der Waals surface area contributed by atoms with E-state index in [0.29, 0.717) is 16.4 Å². The Labute approximate surface area is 126 Å². The Balaban J connectivity index is 2.75. The van der Waals surface area contributed by atoms with Crippen LogP contribution in [0.4, 0.5) is 0 Å². The molecule has 20 heavy (non-hydrogen) atoms. The van der Waals surface area contributed by atoms with E-state index in [1.165, 1.54) is 0 Å². The van der Waals surface area contributed by atoms with E-state index in [9.17, 15) is 4.79 Å². The Morgan fingerprint density at radius 2 is 2.00 bits per heavy atom. The first-order valence-corrected chi connectivity index (χ1v) is 7.25. The molecule has 4 nitrogen and oxygen atoms in total. The van der Waals surface area contributed by atoms with Gasteiger partial charge in [0, 0.05) is 18.7 Å². The summed E-state index contributed by atoms with van der Waals surface area (Å²) in [6.07, 6.45) is 0.0741. The van der Waals surface area contributed by atoms with Crippen molar-refractivity contribution in [3.05, 3.63) is 29.8 Å². The fourth-order valence-electron chi connectivity index (χ4n) is 1.74. The first-order valence-electron chi connectivity index (χ1n) is 6.84. The number of nitrogens with one attached hydrogen (secondary N) is 1. The molecule has 1 N–H and O–H groups in total. The number of hydrogen-bond acceptors (Lipinski definition) is 3. The number of amides is 1. The van der Waals surface area contributed by atoms with Crippen LogP contribution in [0, 0.1) is 0 Å². The third kappa shape index (κ3) is 4.81. The standard InChI is InChI=1S/C15H22N2O2S/c1-5-17(6-2)15(20)16-14(18)12-8-7-9-13(10-12)19-11(3)4/h7-11H,5-6H2,1-4H3,(H,16,18,20). The second-order valence-electron chi connectivity index (χ2n) is 4.63. The zero-order valence-corrected chi connectivity index (χ0v) is 13.3. The maximum atomic E-state index is 12.1. The summed E-state index contributed by atoms with van der Waals surface area (Å²) in [5.41, 5.74) is 0.539. The number of thiocarbonyl (C=S) groups is 1. The van der Waals surface area contributed by atoms with Crippen LogP contribution in [0.3, 0.4) is 0 Å². The molecule has 0 heterocycles. The van der Waals surface area contributed by atoms with Gasteiger partial charge in [-0.2, -0.15) is 0 Å². The van der Waals surface area contributed by atoms with E-state index in [0.717, 1.165) is 13.1 Å². The number of carbonyl (C=O) groups is 1. The van der Waals surface area contributed by atoms with Crippen molar-refractivity contribution in [3.8, 4) is 5.75 Å². The van der Waals surface area contributed by atoms with E-state index in [4.69, 9.17) is 17.0 Å². The van der Waals surface area contributed by atoms with Crippen molar-refractivity contribution in [2.45, 2.75) is 33.8 Å². The Bertz CT molecular complexity index is 471. The van der Waals surface area contributed by atoms with Gasteiger partial charge in [0.05, 0.1) is 6.10 Å². The molecule has 0 saturated heterocycles. The fourth-order valence-corrected chi connectivity index (χ4v) is 2.09. The summed E-state index contributed by atoms with van der Waals surface area (Å²) in [4.78, 5) is 14.1. The summed E-state index contributed by atoms with van der Waals surface area (Å²) < 4.78 is 5.58. The number of hydrogen-bond donors (Lipinski definition) is 1. The van der Waals surface area contributed by atoms with Crippen LogP contribution in [-0.2, 0) is 0 Å². The lowest BCUT2D eigenvalue weighted by molar-refractivity contribution is 0.0973. The molecule has 0 aliphatic carbocycles. The van der Waals surface area contributed by atoms with Crippen molar-refractivity contribution in [2.24, 2.45) is 0 Å². The lowest BCUT2D eigenvalue weighted by atomic mass is 10.2. The molecule has 0 unspecified atom stereocenters. The van der Waals surface area contributed by atoms with Crippen molar-refractivity contribution >= 4 is 23.2 Å². The van der Waals surface area contributed by atoms with Crippen LogP contribution in [0.2, 0.25) is 0 Å². The summed E-state index contributed by atoms with van der Waals surface area (Å²) in [7, 11) is 0. The van der Waals surface area contributed by atoms with Crippen molar-refractivity contribution < 1.29 is 9.53 Å². The smallest absolute Gasteiger partial charge is 0.257 e. The van der Waals surface area contributed by atoms with Crippen LogP contribution in [0.5, 0.6) is 5.75 Å². The molecule has 1 rings (SSSR count). The van der Waals surface area contributed by atoms with Crippen LogP contribution < -0.4 is 10.1 Å². The first-order chi connectivity index (χ1) is 9.47. The molecule has 1 amide bonds. The molecule has 0 saturated carbocycles. The molecule has 0 radical (unpaired) electrons. The highest BCUT2D eigenvalue weighted by Crippen LogP contribution is 2.14. The maximum Gasteiger partial charge on any atom is 0.257 e. The number of rotatable bonds is 5. The van der Waals surface area contributed by atoms with Crippen LogP contribution in [0.25, 0.3) is 0 Å². The SMILES string of the molecule is CCN(CC)C(=S)NC(=O)c1cccc(OC(C)C)c1. The minimum atomic E-state index is -0.212. The van der Waals surface area contributed by atoms with Crippen LogP contribution in [-0.4, -0.2) is 35.1 Å². The largest absolute Gasteiger partial charge is 0.491 e. The van der Waals surface area contributed by atoms with Gasteiger partial charge in [0.1, 0.15) is 5.75 Å². The van der Waals surface area contributed by atoms with Crippen molar-refractivity contribution in [2.75, 3.05) is 13.1 Å². The van der Waals surface area contributed by atoms with Crippen LogP contribution in [0.1, 0.15) is 38.1 Å². The van der Waals surface area contributed by atoms with Crippen molar-refractivity contribution in [1.82, 2.24) is 10.2 Å². The zero-order valence-electron chi connectivity index (χ0n) is 12.5. The topological polar surface area (TPSA) is 41.6 Å². The highest BCUT2D eigenvalue weighted by atomic mass is 32.1. The number of benzene rings is 1. The molecule has 0 fully saturated rings. The minimum Gasteiger partial charge on any atom is -0.491 e. The average Bonchev–Trinajstić information content (AvgIpc) is 2.39. The molecule has 0 spiro atoms. The zero-order chi connectivity index (χ0) is 15.1. The molecule has 0 atom stereocenters. The van der Waals surface area contributed by atoms with E-state index < -0.39 is 0 Å². The van der Waals surface area contributed by atoms with E-state index in [1.807, 2.05) is 38.7 Å². The van der Waals surface area contributed by atoms with E-state index in [2.05, 4.69) is 5.32 Å². The summed E-state index contributed by atoms with van der Waals surface area (Å²) >= 11 is 5.22. The average molecular weight is 294 g/mol. The summed E-state index contributed by atoms with van der Waals surface area (Å²) in [5, 5.41) is 3.20. The first kappa shape index (κ1) is 16.4. The molecule has 0 aromatic heterocycles. The third-order valence-corrected chi connectivity index (χ3v) is 3.10. The lowest BCUT2D eigenvalue weighted by Crippen LogP contribution is -2.42. The maximum absolute atomic E-state index is 12.1. The molecule has 1 aromatic rings. The molecule has 0 bridgehead atoms. The van der Waals surface area contributed by atoms with Gasteiger partial charge in [-0.05, 0) is 58.1 Å². The summed E-state index contributed by atoms with van der Waals surface area (Å²) in [6.45, 7) is 9.43. The van der Waals surface area contributed by atoms with Crippen molar-refractivity contribution in [3.63, 3.8) is 0 Å². The molecular formula is C15H22N2O2S. The van der Waals surface area contributed by atoms with E-state index in [-0.39, 0.29) is 12.0 Å². The van der Waals surface area contributed by atoms with Gasteiger partial charge in [-0.25, -0.2) is 0 Å². The molecule has 5 heteroatoms. The Hall–Kier alpha value is -1.62. The second kappa shape index (κ2) is 7.85. The molecule has 110 valence electrons. The van der Waals surface area contributed by atoms with Gasteiger partial charge in [-0.3, -0.25) is 10.1 Å². The van der Waals surface area contributed by atoms with E-state index in [1.54, 1.807) is 18.2 Å². The summed E-state index contributed by atoms with van der Waals surface area (Å²) in [5.74, 6) is 0.470. The van der Waals surface area contributed by atoms with Gasteiger partial charge in [0.15, 0.2) is 5.11 Å². The monoisotopic (exact) mass is 294 g/mol. The van der Waals surface area contributed by atoms with E-state index >= 15 is 0 Å². The number of carbonyl (C=O) groups excluding carboxylic acids is 1. The van der Waals surface area contributed by atoms with Gasteiger partial charge in [0.2, 0.25) is 0 Å². The quantitative estimate of drug-likeness (QED) is 0.848. The van der Waals surface area contributed by atoms with Gasteiger partial charge in [0.25, 0.3) is 5.91 Å². The van der Waals surface area contributed by atoms with Crippen LogP contribution in [0.15, 0.2) is 24.3 Å². The molecular weight excluding hydrogens is 272 g/mol. The molecule has 0 aliphatic heterocycles. The fraction of sp³-hybridized carbons (Fsp3) is 0.467. The Kier molecular flexibility index (Phi) is 6.45. The van der Waals surface area contributed by atoms with Crippen molar-refractivity contribution in [1.29, 1.82) is 0 Å². The second-order valence-corrected chi connectivity index (χ2v) is 5.01. The summed E-state index contributed by atoms with van der Waals surface area (Å²) in [6, 6.07) is 7.10. The minimum absolute atomic E-state index is 0.0741. The Morgan fingerprint density at radius 3 is 2.55 bits per heavy atom. The third-order valence-electron chi connectivity index (χ3n) is 2.74. The lowest BCUT2D eigenvalue weighted by Gasteiger charge is -2.21. The number of nitrogens with zero attached hydrogens (tertiary/aromatic N) is 1. The van der Waals surface area contributed by atoms with Crippen LogP contribution >= 0.6 is 12.2 Å². The normalized spacial score (nSPS) is 10.2.